The smallest absolute Gasteiger partial charge is 0.343 e. The van der Waals surface area contributed by atoms with Gasteiger partial charge in [-0.25, -0.2) is 4.79 Å². The van der Waals surface area contributed by atoms with Gasteiger partial charge in [0.2, 0.25) is 0 Å². The number of phenolic OH excluding ortho intramolecular Hbond substituents is 1. The second-order valence-corrected chi connectivity index (χ2v) is 2.83. The number of aromatic hydroxyl groups is 1. The molecule has 0 aliphatic carbocycles. The number of nitriles is 1. The maximum absolute atomic E-state index is 11.1. The van der Waals surface area contributed by atoms with Gasteiger partial charge in [-0.3, -0.25) is 0 Å². The third-order valence-electron chi connectivity index (χ3n) is 1.64. The normalized spacial score (nSPS) is 9.21. The second kappa shape index (κ2) is 3.99. The largest absolute Gasteiger partial charge is 0.506 e. The van der Waals surface area contributed by atoms with E-state index >= 15 is 0 Å². The highest BCUT2D eigenvalue weighted by Crippen LogP contribution is 2.29. The lowest BCUT2D eigenvalue weighted by atomic mass is 10.1. The summed E-state index contributed by atoms with van der Waals surface area (Å²) in [6.07, 6.45) is 0. The molecule has 4 nitrogen and oxygen atoms in total. The fourth-order valence-corrected chi connectivity index (χ4v) is 1.18. The standard InChI is InChI=1S/C9H6ClNO3/c1-14-9(13)7-6(10)3-2-5(4-11)8(7)12/h2-3,12H,1H3. The molecule has 0 amide bonds. The van der Waals surface area contributed by atoms with Crippen molar-refractivity contribution in [3.05, 3.63) is 28.3 Å². The maximum Gasteiger partial charge on any atom is 0.343 e. The second-order valence-electron chi connectivity index (χ2n) is 2.42. The predicted octanol–water partition coefficient (Wildman–Crippen LogP) is 1.70. The molecule has 0 bridgehead atoms. The molecule has 0 saturated heterocycles. The van der Waals surface area contributed by atoms with Gasteiger partial charge in [0.15, 0.2) is 0 Å². The number of hydrogen-bond donors (Lipinski definition) is 1. The number of phenols is 1. The average molecular weight is 212 g/mol. The Morgan fingerprint density at radius 1 is 1.64 bits per heavy atom. The third-order valence-corrected chi connectivity index (χ3v) is 1.95. The summed E-state index contributed by atoms with van der Waals surface area (Å²) in [4.78, 5) is 11.1. The molecule has 0 unspecified atom stereocenters. The van der Waals surface area contributed by atoms with E-state index in [1.807, 2.05) is 0 Å². The van der Waals surface area contributed by atoms with Crippen molar-refractivity contribution in [1.82, 2.24) is 0 Å². The zero-order valence-electron chi connectivity index (χ0n) is 7.24. The number of carbonyl (C=O) groups is 1. The molecule has 1 N–H and O–H groups in total. The van der Waals surface area contributed by atoms with E-state index in [0.29, 0.717) is 0 Å². The van der Waals surface area contributed by atoms with Crippen LogP contribution < -0.4 is 0 Å². The molecular formula is C9H6ClNO3. The number of benzene rings is 1. The van der Waals surface area contributed by atoms with Crippen LogP contribution in [0.3, 0.4) is 0 Å². The van der Waals surface area contributed by atoms with Gasteiger partial charge in [-0.1, -0.05) is 11.6 Å². The summed E-state index contributed by atoms with van der Waals surface area (Å²) in [5.41, 5.74) is -0.206. The van der Waals surface area contributed by atoms with E-state index in [9.17, 15) is 9.90 Å². The molecule has 5 heteroatoms. The number of esters is 1. The van der Waals surface area contributed by atoms with Crippen molar-refractivity contribution in [2.75, 3.05) is 7.11 Å². The van der Waals surface area contributed by atoms with E-state index in [2.05, 4.69) is 4.74 Å². The molecule has 0 spiro atoms. The Morgan fingerprint density at radius 2 is 2.29 bits per heavy atom. The van der Waals surface area contributed by atoms with E-state index in [0.717, 1.165) is 7.11 Å². The Bertz CT molecular complexity index is 423. The monoisotopic (exact) mass is 211 g/mol. The van der Waals surface area contributed by atoms with Crippen molar-refractivity contribution in [3.8, 4) is 11.8 Å². The van der Waals surface area contributed by atoms with Gasteiger partial charge in [0.05, 0.1) is 17.7 Å². The molecule has 0 heterocycles. The summed E-state index contributed by atoms with van der Waals surface area (Å²) in [6, 6.07) is 4.40. The Balaban J connectivity index is 3.42. The zero-order valence-corrected chi connectivity index (χ0v) is 8.00. The molecule has 0 radical (unpaired) electrons. The predicted molar refractivity (Wildman–Crippen MR) is 49.2 cm³/mol. The number of rotatable bonds is 1. The van der Waals surface area contributed by atoms with Crippen LogP contribution in [-0.4, -0.2) is 18.2 Å². The van der Waals surface area contributed by atoms with E-state index in [4.69, 9.17) is 16.9 Å². The lowest BCUT2D eigenvalue weighted by Crippen LogP contribution is -2.03. The average Bonchev–Trinajstić information content (AvgIpc) is 2.18. The van der Waals surface area contributed by atoms with Gasteiger partial charge in [-0.05, 0) is 12.1 Å². The highest BCUT2D eigenvalue weighted by Gasteiger charge is 2.18. The molecule has 1 aromatic carbocycles. The fourth-order valence-electron chi connectivity index (χ4n) is 0.953. The van der Waals surface area contributed by atoms with E-state index in [-0.39, 0.29) is 16.1 Å². The molecule has 0 aromatic heterocycles. The maximum atomic E-state index is 11.1. The molecule has 14 heavy (non-hydrogen) atoms. The fraction of sp³-hybridized carbons (Fsp3) is 0.111. The summed E-state index contributed by atoms with van der Waals surface area (Å²) in [5, 5.41) is 18.1. The Hall–Kier alpha value is -1.73. The molecule has 72 valence electrons. The van der Waals surface area contributed by atoms with E-state index in [1.165, 1.54) is 12.1 Å². The van der Waals surface area contributed by atoms with Crippen molar-refractivity contribution in [3.63, 3.8) is 0 Å². The Labute approximate surface area is 85.3 Å². The van der Waals surface area contributed by atoms with E-state index < -0.39 is 11.7 Å². The molecule has 1 aromatic rings. The highest BCUT2D eigenvalue weighted by molar-refractivity contribution is 6.34. The van der Waals surface area contributed by atoms with Crippen molar-refractivity contribution in [1.29, 1.82) is 5.26 Å². The van der Waals surface area contributed by atoms with Crippen LogP contribution in [0.15, 0.2) is 12.1 Å². The zero-order chi connectivity index (χ0) is 10.7. The van der Waals surface area contributed by atoms with Crippen LogP contribution in [0.1, 0.15) is 15.9 Å². The quantitative estimate of drug-likeness (QED) is 0.718. The first kappa shape index (κ1) is 10.4. The summed E-state index contributed by atoms with van der Waals surface area (Å²) in [5.74, 6) is -1.23. The first-order valence-corrected chi connectivity index (χ1v) is 3.99. The number of methoxy groups -OCH3 is 1. The molecule has 0 aliphatic rings. The minimum Gasteiger partial charge on any atom is -0.506 e. The van der Waals surface area contributed by atoms with Gasteiger partial charge >= 0.3 is 5.97 Å². The first-order valence-electron chi connectivity index (χ1n) is 3.61. The number of hydrogen-bond acceptors (Lipinski definition) is 4. The summed E-state index contributed by atoms with van der Waals surface area (Å²) < 4.78 is 4.40. The Morgan fingerprint density at radius 3 is 2.79 bits per heavy atom. The van der Waals surface area contributed by atoms with Gasteiger partial charge in [-0.2, -0.15) is 5.26 Å². The van der Waals surface area contributed by atoms with Crippen LogP contribution in [0.5, 0.6) is 5.75 Å². The highest BCUT2D eigenvalue weighted by atomic mass is 35.5. The lowest BCUT2D eigenvalue weighted by molar-refractivity contribution is 0.0597. The Kier molecular flexibility index (Phi) is 2.95. The third kappa shape index (κ3) is 1.63. The van der Waals surface area contributed by atoms with Crippen molar-refractivity contribution >= 4 is 17.6 Å². The van der Waals surface area contributed by atoms with Crippen LogP contribution >= 0.6 is 11.6 Å². The number of nitrogens with zero attached hydrogens (tertiary/aromatic N) is 1. The molecule has 0 fully saturated rings. The molecule has 0 saturated carbocycles. The molecule has 0 atom stereocenters. The lowest BCUT2D eigenvalue weighted by Gasteiger charge is -2.05. The van der Waals surface area contributed by atoms with Crippen molar-refractivity contribution in [2.45, 2.75) is 0 Å². The summed E-state index contributed by atoms with van der Waals surface area (Å²) in [7, 11) is 1.16. The molecule has 0 aliphatic heterocycles. The summed E-state index contributed by atoms with van der Waals surface area (Å²) >= 11 is 5.66. The SMILES string of the molecule is COC(=O)c1c(Cl)ccc(C#N)c1O. The van der Waals surface area contributed by atoms with Gasteiger partial charge in [0, 0.05) is 0 Å². The molecule has 1 rings (SSSR count). The van der Waals surface area contributed by atoms with Crippen LogP contribution in [0.4, 0.5) is 0 Å². The topological polar surface area (TPSA) is 70.3 Å². The number of halogens is 1. The number of ether oxygens (including phenoxy) is 1. The van der Waals surface area contributed by atoms with Crippen molar-refractivity contribution in [2.24, 2.45) is 0 Å². The van der Waals surface area contributed by atoms with Gasteiger partial charge in [0.1, 0.15) is 17.4 Å². The van der Waals surface area contributed by atoms with E-state index in [1.54, 1.807) is 6.07 Å². The number of carbonyl (C=O) groups excluding carboxylic acids is 1. The van der Waals surface area contributed by atoms with Crippen LogP contribution in [0.25, 0.3) is 0 Å². The van der Waals surface area contributed by atoms with Gasteiger partial charge < -0.3 is 9.84 Å². The van der Waals surface area contributed by atoms with Crippen molar-refractivity contribution < 1.29 is 14.6 Å². The van der Waals surface area contributed by atoms with Crippen LogP contribution in [0.2, 0.25) is 5.02 Å². The minimum atomic E-state index is -0.774. The molecular weight excluding hydrogens is 206 g/mol. The van der Waals surface area contributed by atoms with Gasteiger partial charge in [0.25, 0.3) is 0 Å². The summed E-state index contributed by atoms with van der Waals surface area (Å²) in [6.45, 7) is 0. The van der Waals surface area contributed by atoms with Crippen LogP contribution in [0, 0.1) is 11.3 Å². The first-order chi connectivity index (χ1) is 6.61. The van der Waals surface area contributed by atoms with Crippen LogP contribution in [-0.2, 0) is 4.74 Å². The van der Waals surface area contributed by atoms with Gasteiger partial charge in [-0.15, -0.1) is 0 Å². The minimum absolute atomic E-state index is 0.0187.